The first-order chi connectivity index (χ1) is 15.1. The molecule has 2 aromatic rings. The lowest BCUT2D eigenvalue weighted by Crippen LogP contribution is -2.40. The smallest absolute Gasteiger partial charge is 0.325 e. The highest BCUT2D eigenvalue weighted by Gasteiger charge is 2.48. The summed E-state index contributed by atoms with van der Waals surface area (Å²) in [5.41, 5.74) is 2.28. The highest BCUT2D eigenvalue weighted by atomic mass is 16.2. The van der Waals surface area contributed by atoms with Crippen LogP contribution in [0.5, 0.6) is 0 Å². The van der Waals surface area contributed by atoms with E-state index in [1.54, 1.807) is 19.1 Å². The van der Waals surface area contributed by atoms with Crippen LogP contribution in [-0.2, 0) is 22.3 Å². The Hall–Kier alpha value is -3.15. The molecule has 0 aliphatic carbocycles. The number of urea groups is 1. The summed E-state index contributed by atoms with van der Waals surface area (Å²) in [5.74, 6) is -0.237. The van der Waals surface area contributed by atoms with Crippen molar-refractivity contribution < 1.29 is 14.4 Å². The molecule has 0 radical (unpaired) electrons. The molecular weight excluding hydrogens is 402 g/mol. The Labute approximate surface area is 189 Å². The Morgan fingerprint density at radius 2 is 1.56 bits per heavy atom. The van der Waals surface area contributed by atoms with Gasteiger partial charge in [0.1, 0.15) is 5.54 Å². The predicted molar refractivity (Wildman–Crippen MR) is 123 cm³/mol. The topological polar surface area (TPSA) is 69.7 Å². The van der Waals surface area contributed by atoms with Crippen molar-refractivity contribution in [3.05, 3.63) is 70.8 Å². The van der Waals surface area contributed by atoms with E-state index in [9.17, 15) is 14.4 Å². The van der Waals surface area contributed by atoms with Gasteiger partial charge in [0.05, 0.1) is 6.54 Å². The first-order valence-electron chi connectivity index (χ1n) is 11.2. The van der Waals surface area contributed by atoms with Gasteiger partial charge in [-0.25, -0.2) is 4.79 Å². The number of carbonyl (C=O) groups excluding carboxylic acids is 3. The van der Waals surface area contributed by atoms with E-state index in [0.717, 1.165) is 37.1 Å². The van der Waals surface area contributed by atoms with Crippen molar-refractivity contribution in [2.45, 2.75) is 58.0 Å². The molecule has 6 nitrogen and oxygen atoms in total. The average Bonchev–Trinajstić information content (AvgIpc) is 3.37. The van der Waals surface area contributed by atoms with Crippen molar-refractivity contribution in [3.8, 4) is 0 Å². The molecule has 2 saturated heterocycles. The third-order valence-electron chi connectivity index (χ3n) is 6.54. The molecule has 2 fully saturated rings. The first-order valence-corrected chi connectivity index (χ1v) is 11.2. The Bertz CT molecular complexity index is 1030. The standard InChI is InChI=1S/C26H31N3O3/c1-25(2,3)20-11-13-21(14-12-20)26(4)23(31)29(24(32)27-26)17-18-7-9-19(10-8-18)22(30)28-15-5-6-16-28/h7-14H,5-6,15-17H2,1-4H3,(H,27,32). The van der Waals surface area contributed by atoms with Crippen molar-refractivity contribution in [2.75, 3.05) is 13.1 Å². The van der Waals surface area contributed by atoms with Crippen LogP contribution in [0, 0.1) is 0 Å². The summed E-state index contributed by atoms with van der Waals surface area (Å²) < 4.78 is 0. The molecule has 1 atom stereocenters. The Balaban J connectivity index is 1.48. The molecule has 1 N–H and O–H groups in total. The van der Waals surface area contributed by atoms with Crippen molar-refractivity contribution >= 4 is 17.8 Å². The van der Waals surface area contributed by atoms with E-state index in [2.05, 4.69) is 26.1 Å². The molecule has 2 aromatic carbocycles. The number of benzene rings is 2. The Morgan fingerprint density at radius 3 is 2.12 bits per heavy atom. The van der Waals surface area contributed by atoms with Gasteiger partial charge in [-0.05, 0) is 54.0 Å². The van der Waals surface area contributed by atoms with Crippen LogP contribution in [0.4, 0.5) is 4.79 Å². The molecule has 32 heavy (non-hydrogen) atoms. The number of nitrogens with zero attached hydrogens (tertiary/aromatic N) is 2. The number of amides is 4. The molecule has 2 aliphatic rings. The number of nitrogens with one attached hydrogen (secondary N) is 1. The molecule has 0 bridgehead atoms. The van der Waals surface area contributed by atoms with E-state index < -0.39 is 11.6 Å². The molecule has 0 aromatic heterocycles. The van der Waals surface area contributed by atoms with Crippen molar-refractivity contribution in [1.82, 2.24) is 15.1 Å². The minimum Gasteiger partial charge on any atom is -0.339 e. The van der Waals surface area contributed by atoms with Crippen LogP contribution in [0.2, 0.25) is 0 Å². The number of hydrogen-bond acceptors (Lipinski definition) is 3. The Kier molecular flexibility index (Phi) is 5.57. The van der Waals surface area contributed by atoms with E-state index in [4.69, 9.17) is 0 Å². The van der Waals surface area contributed by atoms with E-state index in [1.165, 1.54) is 10.5 Å². The normalized spacial score (nSPS) is 21.2. The zero-order chi connectivity index (χ0) is 23.1. The molecule has 1 unspecified atom stereocenters. The molecule has 4 rings (SSSR count). The van der Waals surface area contributed by atoms with Crippen LogP contribution in [0.15, 0.2) is 48.5 Å². The SMILES string of the molecule is CC(C)(C)c1ccc(C2(C)NC(=O)N(Cc3ccc(C(=O)N4CCCC4)cc3)C2=O)cc1. The fraction of sp³-hybridized carbons (Fsp3) is 0.423. The molecule has 168 valence electrons. The van der Waals surface area contributed by atoms with E-state index in [0.29, 0.717) is 5.56 Å². The molecule has 0 saturated carbocycles. The van der Waals surface area contributed by atoms with Gasteiger partial charge >= 0.3 is 6.03 Å². The van der Waals surface area contributed by atoms with Gasteiger partial charge in [-0.15, -0.1) is 0 Å². The number of hydrogen-bond donors (Lipinski definition) is 1. The fourth-order valence-electron chi connectivity index (χ4n) is 4.38. The summed E-state index contributed by atoms with van der Waals surface area (Å²) >= 11 is 0. The van der Waals surface area contributed by atoms with Gasteiger partial charge in [0.2, 0.25) is 0 Å². The van der Waals surface area contributed by atoms with Gasteiger partial charge in [-0.1, -0.05) is 57.2 Å². The van der Waals surface area contributed by atoms with Crippen LogP contribution in [0.1, 0.15) is 67.6 Å². The van der Waals surface area contributed by atoms with Gasteiger partial charge in [-0.2, -0.15) is 0 Å². The molecule has 4 amide bonds. The number of likely N-dealkylation sites (tertiary alicyclic amines) is 1. The van der Waals surface area contributed by atoms with Crippen LogP contribution < -0.4 is 5.32 Å². The summed E-state index contributed by atoms with van der Waals surface area (Å²) in [6, 6.07) is 14.6. The zero-order valence-electron chi connectivity index (χ0n) is 19.3. The number of rotatable bonds is 4. The largest absolute Gasteiger partial charge is 0.339 e. The molecule has 0 spiro atoms. The van der Waals surface area contributed by atoms with Gasteiger partial charge in [0.15, 0.2) is 0 Å². The van der Waals surface area contributed by atoms with Gasteiger partial charge in [0.25, 0.3) is 11.8 Å². The summed E-state index contributed by atoms with van der Waals surface area (Å²) in [6.45, 7) is 9.93. The fourth-order valence-corrected chi connectivity index (χ4v) is 4.38. The van der Waals surface area contributed by atoms with Crippen LogP contribution in [0.25, 0.3) is 0 Å². The maximum atomic E-state index is 13.3. The summed E-state index contributed by atoms with van der Waals surface area (Å²) in [7, 11) is 0. The lowest BCUT2D eigenvalue weighted by molar-refractivity contribution is -0.131. The van der Waals surface area contributed by atoms with Gasteiger partial charge in [0, 0.05) is 18.7 Å². The van der Waals surface area contributed by atoms with Crippen molar-refractivity contribution in [3.63, 3.8) is 0 Å². The Morgan fingerprint density at radius 1 is 0.969 bits per heavy atom. The lowest BCUT2D eigenvalue weighted by atomic mass is 9.84. The highest BCUT2D eigenvalue weighted by molar-refractivity contribution is 6.07. The highest BCUT2D eigenvalue weighted by Crippen LogP contribution is 2.32. The molecule has 2 heterocycles. The van der Waals surface area contributed by atoms with Crippen LogP contribution in [-0.4, -0.2) is 40.7 Å². The summed E-state index contributed by atoms with van der Waals surface area (Å²) in [6.07, 6.45) is 2.10. The maximum absolute atomic E-state index is 13.3. The van der Waals surface area contributed by atoms with Crippen molar-refractivity contribution in [2.24, 2.45) is 0 Å². The van der Waals surface area contributed by atoms with Crippen LogP contribution >= 0.6 is 0 Å². The molecule has 2 aliphatic heterocycles. The second-order valence-electron chi connectivity index (χ2n) is 9.97. The molecule has 6 heteroatoms. The van der Waals surface area contributed by atoms with Crippen molar-refractivity contribution in [1.29, 1.82) is 0 Å². The monoisotopic (exact) mass is 433 g/mol. The van der Waals surface area contributed by atoms with E-state index >= 15 is 0 Å². The number of imide groups is 1. The zero-order valence-corrected chi connectivity index (χ0v) is 19.3. The lowest BCUT2D eigenvalue weighted by Gasteiger charge is -2.24. The third kappa shape index (κ3) is 4.01. The summed E-state index contributed by atoms with van der Waals surface area (Å²) in [5, 5.41) is 2.87. The third-order valence-corrected chi connectivity index (χ3v) is 6.54. The minimum absolute atomic E-state index is 0.0106. The summed E-state index contributed by atoms with van der Waals surface area (Å²) in [4.78, 5) is 41.6. The average molecular weight is 434 g/mol. The van der Waals surface area contributed by atoms with Crippen LogP contribution in [0.3, 0.4) is 0 Å². The minimum atomic E-state index is -1.10. The quantitative estimate of drug-likeness (QED) is 0.735. The first kappa shape index (κ1) is 22.1. The second kappa shape index (κ2) is 8.08. The van der Waals surface area contributed by atoms with Gasteiger partial charge in [-0.3, -0.25) is 14.5 Å². The van der Waals surface area contributed by atoms with Gasteiger partial charge < -0.3 is 10.2 Å². The predicted octanol–water partition coefficient (Wildman–Crippen LogP) is 4.19. The second-order valence-corrected chi connectivity index (χ2v) is 9.97. The maximum Gasteiger partial charge on any atom is 0.325 e. The molecular formula is C26H31N3O3. The number of carbonyl (C=O) groups is 3. The van der Waals surface area contributed by atoms with E-state index in [-0.39, 0.29) is 23.8 Å². The van der Waals surface area contributed by atoms with E-state index in [1.807, 2.05) is 41.3 Å².